The van der Waals surface area contributed by atoms with E-state index in [1.54, 1.807) is 20.8 Å². The van der Waals surface area contributed by atoms with Crippen molar-refractivity contribution in [3.63, 3.8) is 0 Å². The Morgan fingerprint density at radius 2 is 1.85 bits per heavy atom. The molecular weight excluding hydrogens is 268 g/mol. The standard InChI is InChI=1S/C12H22N2O6/c1-12(2,3)20-11(18)14-13-8(10(16)17)6-5-7-9(15)19-4/h8,13H,5-7H2,1-4H3,(H,14,18)(H,16,17)/t8-/m0/s1. The third-order valence-corrected chi connectivity index (χ3v) is 2.15. The van der Waals surface area contributed by atoms with Gasteiger partial charge in [0.2, 0.25) is 0 Å². The van der Waals surface area contributed by atoms with Crippen LogP contribution in [0.4, 0.5) is 4.79 Å². The van der Waals surface area contributed by atoms with E-state index in [-0.39, 0.29) is 12.8 Å². The van der Waals surface area contributed by atoms with Gasteiger partial charge in [0.1, 0.15) is 11.6 Å². The molecular formula is C12H22N2O6. The molecule has 1 atom stereocenters. The second-order valence-corrected chi connectivity index (χ2v) is 5.13. The van der Waals surface area contributed by atoms with Crippen LogP contribution in [-0.4, -0.2) is 41.9 Å². The average molecular weight is 290 g/mol. The molecule has 0 radical (unpaired) electrons. The van der Waals surface area contributed by atoms with Gasteiger partial charge in [-0.2, -0.15) is 0 Å². The number of nitrogens with one attached hydrogen (secondary N) is 2. The zero-order chi connectivity index (χ0) is 15.8. The van der Waals surface area contributed by atoms with Crippen LogP contribution in [0.1, 0.15) is 40.0 Å². The number of methoxy groups -OCH3 is 1. The molecule has 8 heteroatoms. The summed E-state index contributed by atoms with van der Waals surface area (Å²) in [5.41, 5.74) is 3.85. The van der Waals surface area contributed by atoms with Crippen molar-refractivity contribution in [2.45, 2.75) is 51.7 Å². The van der Waals surface area contributed by atoms with E-state index in [0.29, 0.717) is 6.42 Å². The van der Waals surface area contributed by atoms with E-state index in [4.69, 9.17) is 9.84 Å². The summed E-state index contributed by atoms with van der Waals surface area (Å²) < 4.78 is 9.40. The lowest BCUT2D eigenvalue weighted by Crippen LogP contribution is -2.49. The first kappa shape index (κ1) is 18.2. The van der Waals surface area contributed by atoms with E-state index in [1.165, 1.54) is 7.11 Å². The Labute approximate surface area is 117 Å². The molecule has 0 aromatic carbocycles. The fraction of sp³-hybridized carbons (Fsp3) is 0.750. The number of hydrogen-bond donors (Lipinski definition) is 3. The minimum absolute atomic E-state index is 0.119. The fourth-order valence-electron chi connectivity index (χ4n) is 1.26. The minimum atomic E-state index is -1.13. The van der Waals surface area contributed by atoms with Crippen LogP contribution in [-0.2, 0) is 19.1 Å². The number of esters is 1. The topological polar surface area (TPSA) is 114 Å². The molecule has 0 aromatic rings. The van der Waals surface area contributed by atoms with Gasteiger partial charge in [-0.05, 0) is 33.6 Å². The van der Waals surface area contributed by atoms with E-state index in [0.717, 1.165) is 0 Å². The molecule has 116 valence electrons. The number of aliphatic carboxylic acids is 1. The summed E-state index contributed by atoms with van der Waals surface area (Å²) in [7, 11) is 1.26. The predicted octanol–water partition coefficient (Wildman–Crippen LogP) is 0.812. The molecule has 0 unspecified atom stereocenters. The van der Waals surface area contributed by atoms with Crippen molar-refractivity contribution in [1.82, 2.24) is 10.9 Å². The lowest BCUT2D eigenvalue weighted by atomic mass is 10.1. The highest BCUT2D eigenvalue weighted by atomic mass is 16.6. The van der Waals surface area contributed by atoms with Gasteiger partial charge in [-0.25, -0.2) is 10.2 Å². The van der Waals surface area contributed by atoms with Crippen molar-refractivity contribution >= 4 is 18.0 Å². The Hall–Kier alpha value is -1.83. The minimum Gasteiger partial charge on any atom is -0.480 e. The van der Waals surface area contributed by atoms with Crippen molar-refractivity contribution in [2.24, 2.45) is 0 Å². The number of carboxylic acid groups (broad SMARTS) is 1. The summed E-state index contributed by atoms with van der Waals surface area (Å²) in [4.78, 5) is 33.2. The quantitative estimate of drug-likeness (QED) is 0.469. The molecule has 0 aromatic heterocycles. The summed E-state index contributed by atoms with van der Waals surface area (Å²) in [6, 6.07) is -1.01. The molecule has 8 nitrogen and oxygen atoms in total. The lowest BCUT2D eigenvalue weighted by Gasteiger charge is -2.21. The van der Waals surface area contributed by atoms with Gasteiger partial charge >= 0.3 is 18.0 Å². The van der Waals surface area contributed by atoms with Crippen molar-refractivity contribution in [3.8, 4) is 0 Å². The second kappa shape index (κ2) is 8.36. The van der Waals surface area contributed by atoms with Gasteiger partial charge in [-0.15, -0.1) is 0 Å². The molecule has 0 heterocycles. The molecule has 1 amide bonds. The lowest BCUT2D eigenvalue weighted by molar-refractivity contribution is -0.142. The van der Waals surface area contributed by atoms with Crippen LogP contribution >= 0.6 is 0 Å². The van der Waals surface area contributed by atoms with Crippen LogP contribution in [0.3, 0.4) is 0 Å². The number of hydrogen-bond acceptors (Lipinski definition) is 6. The molecule has 0 saturated carbocycles. The van der Waals surface area contributed by atoms with Gasteiger partial charge in [-0.3, -0.25) is 15.0 Å². The third-order valence-electron chi connectivity index (χ3n) is 2.15. The summed E-state index contributed by atoms with van der Waals surface area (Å²) in [6.45, 7) is 5.08. The molecule has 0 spiro atoms. The van der Waals surface area contributed by atoms with Gasteiger partial charge in [0.05, 0.1) is 7.11 Å². The summed E-state index contributed by atoms with van der Waals surface area (Å²) in [5, 5.41) is 8.97. The highest BCUT2D eigenvalue weighted by Gasteiger charge is 2.20. The third kappa shape index (κ3) is 9.15. The van der Waals surface area contributed by atoms with E-state index < -0.39 is 29.7 Å². The zero-order valence-corrected chi connectivity index (χ0v) is 12.2. The molecule has 3 N–H and O–H groups in total. The van der Waals surface area contributed by atoms with Crippen molar-refractivity contribution in [1.29, 1.82) is 0 Å². The van der Waals surface area contributed by atoms with Crippen molar-refractivity contribution in [3.05, 3.63) is 0 Å². The molecule has 20 heavy (non-hydrogen) atoms. The van der Waals surface area contributed by atoms with Crippen LogP contribution in [0.15, 0.2) is 0 Å². The SMILES string of the molecule is COC(=O)CCC[C@H](NNC(=O)OC(C)(C)C)C(=O)O. The van der Waals surface area contributed by atoms with Crippen LogP contribution in [0.5, 0.6) is 0 Å². The smallest absolute Gasteiger partial charge is 0.422 e. The Balaban J connectivity index is 4.12. The Kier molecular flexibility index (Phi) is 7.60. The largest absolute Gasteiger partial charge is 0.480 e. The first-order valence-corrected chi connectivity index (χ1v) is 6.20. The van der Waals surface area contributed by atoms with Gasteiger partial charge in [0.15, 0.2) is 0 Å². The number of carboxylic acids is 1. The van der Waals surface area contributed by atoms with Crippen molar-refractivity contribution in [2.75, 3.05) is 7.11 Å². The van der Waals surface area contributed by atoms with Gasteiger partial charge in [-0.1, -0.05) is 0 Å². The highest BCUT2D eigenvalue weighted by molar-refractivity contribution is 5.74. The van der Waals surface area contributed by atoms with E-state index in [9.17, 15) is 14.4 Å². The molecule has 0 aliphatic heterocycles. The summed E-state index contributed by atoms with van der Waals surface area (Å²) >= 11 is 0. The number of hydrazine groups is 1. The van der Waals surface area contributed by atoms with E-state index in [2.05, 4.69) is 15.6 Å². The van der Waals surface area contributed by atoms with Crippen LogP contribution in [0.25, 0.3) is 0 Å². The predicted molar refractivity (Wildman–Crippen MR) is 69.8 cm³/mol. The maximum Gasteiger partial charge on any atom is 0.422 e. The fourth-order valence-corrected chi connectivity index (χ4v) is 1.26. The van der Waals surface area contributed by atoms with Crippen molar-refractivity contribution < 1.29 is 29.0 Å². The number of carbonyl (C=O) groups excluding carboxylic acids is 2. The van der Waals surface area contributed by atoms with E-state index >= 15 is 0 Å². The average Bonchev–Trinajstić information content (AvgIpc) is 2.30. The molecule has 0 aliphatic rings. The molecule has 0 bridgehead atoms. The van der Waals surface area contributed by atoms with Crippen LogP contribution in [0.2, 0.25) is 0 Å². The maximum atomic E-state index is 11.4. The Morgan fingerprint density at radius 3 is 2.30 bits per heavy atom. The first-order valence-electron chi connectivity index (χ1n) is 6.20. The first-order chi connectivity index (χ1) is 9.15. The number of amides is 1. The van der Waals surface area contributed by atoms with Gasteiger partial charge < -0.3 is 14.6 Å². The second-order valence-electron chi connectivity index (χ2n) is 5.13. The zero-order valence-electron chi connectivity index (χ0n) is 12.2. The Morgan fingerprint density at radius 1 is 1.25 bits per heavy atom. The van der Waals surface area contributed by atoms with E-state index in [1.807, 2.05) is 0 Å². The summed E-state index contributed by atoms with van der Waals surface area (Å²) in [6.07, 6.45) is -0.155. The number of ether oxygens (including phenoxy) is 2. The number of carbonyl (C=O) groups is 3. The normalized spacial score (nSPS) is 12.4. The van der Waals surface area contributed by atoms with Gasteiger partial charge in [0.25, 0.3) is 0 Å². The molecule has 0 fully saturated rings. The summed E-state index contributed by atoms with van der Waals surface area (Å²) in [5.74, 6) is -1.54. The molecule has 0 saturated heterocycles. The monoisotopic (exact) mass is 290 g/mol. The maximum absolute atomic E-state index is 11.4. The van der Waals surface area contributed by atoms with Gasteiger partial charge in [0, 0.05) is 6.42 Å². The van der Waals surface area contributed by atoms with Crippen LogP contribution < -0.4 is 10.9 Å². The molecule has 0 rings (SSSR count). The number of rotatable bonds is 7. The Bertz CT molecular complexity index is 350. The highest BCUT2D eigenvalue weighted by Crippen LogP contribution is 2.06. The van der Waals surface area contributed by atoms with Crippen LogP contribution in [0, 0.1) is 0 Å². The molecule has 0 aliphatic carbocycles.